The molecule has 0 saturated carbocycles. The fraction of sp³-hybridized carbons (Fsp3) is 0.125. The SMILES string of the molecule is CS(=O)(=O)c1ccc([N+](=O)[O-])c(C(=O)O)c1. The zero-order valence-electron chi connectivity index (χ0n) is 8.08. The molecule has 0 atom stereocenters. The Morgan fingerprint density at radius 2 is 2.00 bits per heavy atom. The summed E-state index contributed by atoms with van der Waals surface area (Å²) < 4.78 is 22.3. The summed E-state index contributed by atoms with van der Waals surface area (Å²) in [6, 6.07) is 2.63. The number of nitro benzene ring substituents is 1. The molecular weight excluding hydrogens is 238 g/mol. The van der Waals surface area contributed by atoms with E-state index in [1.807, 2.05) is 0 Å². The fourth-order valence-corrected chi connectivity index (χ4v) is 1.72. The summed E-state index contributed by atoms with van der Waals surface area (Å²) in [5, 5.41) is 19.2. The average molecular weight is 245 g/mol. The molecule has 1 aromatic rings. The van der Waals surface area contributed by atoms with Crippen LogP contribution in [0.1, 0.15) is 10.4 Å². The van der Waals surface area contributed by atoms with E-state index in [-0.39, 0.29) is 4.90 Å². The lowest BCUT2D eigenvalue weighted by Crippen LogP contribution is -2.05. The van der Waals surface area contributed by atoms with Crippen molar-refractivity contribution in [3.8, 4) is 0 Å². The van der Waals surface area contributed by atoms with Gasteiger partial charge in [-0.25, -0.2) is 13.2 Å². The van der Waals surface area contributed by atoms with Crippen molar-refractivity contribution in [2.75, 3.05) is 6.26 Å². The lowest BCUT2D eigenvalue weighted by atomic mass is 10.2. The molecular formula is C8H7NO6S. The van der Waals surface area contributed by atoms with Crippen LogP contribution >= 0.6 is 0 Å². The Labute approximate surface area is 90.4 Å². The standard InChI is InChI=1S/C8H7NO6S/c1-16(14,15)5-2-3-7(9(12)13)6(4-5)8(10)11/h2-4H,1H3,(H,10,11). The Morgan fingerprint density at radius 1 is 1.44 bits per heavy atom. The van der Waals surface area contributed by atoms with Crippen molar-refractivity contribution in [2.24, 2.45) is 0 Å². The molecule has 0 spiro atoms. The van der Waals surface area contributed by atoms with E-state index in [4.69, 9.17) is 5.11 Å². The maximum Gasteiger partial charge on any atom is 0.342 e. The Bertz CT molecular complexity index is 562. The molecule has 0 radical (unpaired) electrons. The van der Waals surface area contributed by atoms with Gasteiger partial charge in [-0.3, -0.25) is 10.1 Å². The van der Waals surface area contributed by atoms with Crippen LogP contribution in [0.15, 0.2) is 23.1 Å². The van der Waals surface area contributed by atoms with Crippen molar-refractivity contribution in [1.82, 2.24) is 0 Å². The summed E-state index contributed by atoms with van der Waals surface area (Å²) in [5.41, 5.74) is -1.28. The van der Waals surface area contributed by atoms with Crippen LogP contribution in [0.5, 0.6) is 0 Å². The van der Waals surface area contributed by atoms with E-state index in [0.717, 1.165) is 24.5 Å². The predicted octanol–water partition coefficient (Wildman–Crippen LogP) is 0.697. The highest BCUT2D eigenvalue weighted by Crippen LogP contribution is 2.22. The second kappa shape index (κ2) is 3.89. The maximum absolute atomic E-state index is 11.1. The van der Waals surface area contributed by atoms with Crippen LogP contribution in [-0.4, -0.2) is 30.7 Å². The summed E-state index contributed by atoms with van der Waals surface area (Å²) in [7, 11) is -3.59. The minimum Gasteiger partial charge on any atom is -0.477 e. The number of rotatable bonds is 3. The molecule has 0 fully saturated rings. The highest BCUT2D eigenvalue weighted by molar-refractivity contribution is 7.90. The molecule has 0 aliphatic carbocycles. The molecule has 7 nitrogen and oxygen atoms in total. The number of nitrogens with zero attached hydrogens (tertiary/aromatic N) is 1. The van der Waals surface area contributed by atoms with Crippen LogP contribution in [0.4, 0.5) is 5.69 Å². The van der Waals surface area contributed by atoms with Gasteiger partial charge in [0, 0.05) is 12.3 Å². The zero-order valence-corrected chi connectivity index (χ0v) is 8.89. The quantitative estimate of drug-likeness (QED) is 0.619. The number of benzene rings is 1. The molecule has 0 amide bonds. The van der Waals surface area contributed by atoms with E-state index >= 15 is 0 Å². The Hall–Kier alpha value is -1.96. The number of hydrogen-bond acceptors (Lipinski definition) is 5. The summed E-state index contributed by atoms with van der Waals surface area (Å²) in [4.78, 5) is 20.0. The minimum absolute atomic E-state index is 0.268. The van der Waals surface area contributed by atoms with Crippen LogP contribution in [0, 0.1) is 10.1 Å². The third-order valence-electron chi connectivity index (χ3n) is 1.82. The zero-order chi connectivity index (χ0) is 12.5. The summed E-state index contributed by atoms with van der Waals surface area (Å²) in [5.74, 6) is -1.54. The third kappa shape index (κ3) is 2.34. The molecule has 0 unspecified atom stereocenters. The molecule has 0 saturated heterocycles. The van der Waals surface area contributed by atoms with E-state index < -0.39 is 32.0 Å². The molecule has 86 valence electrons. The summed E-state index contributed by atoms with van der Waals surface area (Å²) in [6.45, 7) is 0. The monoisotopic (exact) mass is 245 g/mol. The molecule has 0 heterocycles. The van der Waals surface area contributed by atoms with Crippen molar-refractivity contribution in [3.05, 3.63) is 33.9 Å². The molecule has 0 aliphatic rings. The third-order valence-corrected chi connectivity index (χ3v) is 2.93. The van der Waals surface area contributed by atoms with E-state index in [0.29, 0.717) is 0 Å². The summed E-state index contributed by atoms with van der Waals surface area (Å²) in [6.07, 6.45) is 0.889. The number of nitro groups is 1. The number of hydrogen-bond donors (Lipinski definition) is 1. The number of carboxylic acid groups (broad SMARTS) is 1. The van der Waals surface area contributed by atoms with Crippen LogP contribution in [-0.2, 0) is 9.84 Å². The van der Waals surface area contributed by atoms with Crippen molar-refractivity contribution in [1.29, 1.82) is 0 Å². The first-order chi connectivity index (χ1) is 7.23. The Kier molecular flexibility index (Phi) is 2.95. The molecule has 1 rings (SSSR count). The van der Waals surface area contributed by atoms with Gasteiger partial charge in [0.2, 0.25) is 0 Å². The lowest BCUT2D eigenvalue weighted by molar-refractivity contribution is -0.385. The second-order valence-corrected chi connectivity index (χ2v) is 5.03. The Morgan fingerprint density at radius 3 is 2.38 bits per heavy atom. The van der Waals surface area contributed by atoms with E-state index in [1.54, 1.807) is 0 Å². The first kappa shape index (κ1) is 12.1. The van der Waals surface area contributed by atoms with Gasteiger partial charge in [0.15, 0.2) is 9.84 Å². The maximum atomic E-state index is 11.1. The highest BCUT2D eigenvalue weighted by atomic mass is 32.2. The van der Waals surface area contributed by atoms with E-state index in [2.05, 4.69) is 0 Å². The van der Waals surface area contributed by atoms with Crippen LogP contribution in [0.2, 0.25) is 0 Å². The molecule has 1 aromatic carbocycles. The van der Waals surface area contributed by atoms with Gasteiger partial charge in [-0.05, 0) is 12.1 Å². The largest absolute Gasteiger partial charge is 0.477 e. The van der Waals surface area contributed by atoms with Crippen molar-refractivity contribution in [3.63, 3.8) is 0 Å². The number of carboxylic acids is 1. The second-order valence-electron chi connectivity index (χ2n) is 3.01. The molecule has 0 aliphatic heterocycles. The Balaban J connectivity index is 3.52. The van der Waals surface area contributed by atoms with Crippen molar-refractivity contribution in [2.45, 2.75) is 4.90 Å². The molecule has 8 heteroatoms. The fourth-order valence-electron chi connectivity index (χ4n) is 1.08. The minimum atomic E-state index is -3.59. The van der Waals surface area contributed by atoms with Gasteiger partial charge in [0.25, 0.3) is 5.69 Å². The van der Waals surface area contributed by atoms with Gasteiger partial charge < -0.3 is 5.11 Å². The molecule has 0 aromatic heterocycles. The van der Waals surface area contributed by atoms with Gasteiger partial charge >= 0.3 is 5.97 Å². The van der Waals surface area contributed by atoms with Gasteiger partial charge in [-0.15, -0.1) is 0 Å². The summed E-state index contributed by atoms with van der Waals surface area (Å²) >= 11 is 0. The van der Waals surface area contributed by atoms with Gasteiger partial charge in [0.1, 0.15) is 5.56 Å². The normalized spacial score (nSPS) is 11.1. The number of carbonyl (C=O) groups is 1. The van der Waals surface area contributed by atoms with Crippen LogP contribution in [0.3, 0.4) is 0 Å². The number of aromatic carboxylic acids is 1. The van der Waals surface area contributed by atoms with Crippen molar-refractivity contribution >= 4 is 21.5 Å². The van der Waals surface area contributed by atoms with Gasteiger partial charge in [0.05, 0.1) is 9.82 Å². The lowest BCUT2D eigenvalue weighted by Gasteiger charge is -2.01. The smallest absolute Gasteiger partial charge is 0.342 e. The van der Waals surface area contributed by atoms with E-state index in [1.165, 1.54) is 0 Å². The predicted molar refractivity (Wildman–Crippen MR) is 53.2 cm³/mol. The van der Waals surface area contributed by atoms with Crippen molar-refractivity contribution < 1.29 is 23.2 Å². The first-order valence-electron chi connectivity index (χ1n) is 3.95. The average Bonchev–Trinajstić information content (AvgIpc) is 2.15. The van der Waals surface area contributed by atoms with Crippen LogP contribution in [0.25, 0.3) is 0 Å². The topological polar surface area (TPSA) is 115 Å². The molecule has 16 heavy (non-hydrogen) atoms. The molecule has 0 bridgehead atoms. The first-order valence-corrected chi connectivity index (χ1v) is 5.84. The van der Waals surface area contributed by atoms with Gasteiger partial charge in [-0.2, -0.15) is 0 Å². The van der Waals surface area contributed by atoms with Gasteiger partial charge in [-0.1, -0.05) is 0 Å². The highest BCUT2D eigenvalue weighted by Gasteiger charge is 2.22. The van der Waals surface area contributed by atoms with E-state index in [9.17, 15) is 23.3 Å². The molecule has 1 N–H and O–H groups in total. The number of sulfone groups is 1. The van der Waals surface area contributed by atoms with Crippen LogP contribution < -0.4 is 0 Å².